The van der Waals surface area contributed by atoms with E-state index in [2.05, 4.69) is 11.1 Å². The predicted octanol–water partition coefficient (Wildman–Crippen LogP) is 4.60. The number of aromatic amines is 1. The third-order valence-electron chi connectivity index (χ3n) is 5.45. The van der Waals surface area contributed by atoms with Crippen LogP contribution < -0.4 is 0 Å². The van der Waals surface area contributed by atoms with E-state index in [0.29, 0.717) is 13.1 Å². The van der Waals surface area contributed by atoms with Crippen molar-refractivity contribution in [2.75, 3.05) is 13.1 Å². The highest BCUT2D eigenvalue weighted by Gasteiger charge is 2.26. The van der Waals surface area contributed by atoms with Crippen LogP contribution in [-0.2, 0) is 22.6 Å². The van der Waals surface area contributed by atoms with Gasteiger partial charge < -0.3 is 14.8 Å². The van der Waals surface area contributed by atoms with E-state index >= 15 is 0 Å². The summed E-state index contributed by atoms with van der Waals surface area (Å²) in [5.74, 6) is -0.302. The van der Waals surface area contributed by atoms with Crippen molar-refractivity contribution in [1.29, 1.82) is 0 Å². The average molecular weight is 440 g/mol. The third kappa shape index (κ3) is 5.88. The van der Waals surface area contributed by atoms with Gasteiger partial charge in [-0.2, -0.15) is 0 Å². The molecule has 0 aliphatic heterocycles. The Morgan fingerprint density at radius 3 is 2.35 bits per heavy atom. The first-order valence-corrected chi connectivity index (χ1v) is 11.1. The Kier molecular flexibility index (Phi) is 7.75. The SMILES string of the molecule is CC(Cl)C(=O)N(CC(=O)N(CCc1c[nH]c2ccccc12)Cc1ccccc1)C(C)C. The minimum atomic E-state index is -0.663. The highest BCUT2D eigenvalue weighted by atomic mass is 35.5. The average Bonchev–Trinajstić information content (AvgIpc) is 3.18. The molecule has 0 bridgehead atoms. The number of amides is 2. The number of benzene rings is 2. The highest BCUT2D eigenvalue weighted by Crippen LogP contribution is 2.19. The van der Waals surface area contributed by atoms with Crippen LogP contribution in [0.25, 0.3) is 10.9 Å². The molecule has 1 atom stereocenters. The van der Waals surface area contributed by atoms with E-state index in [1.165, 1.54) is 10.9 Å². The number of nitrogens with zero attached hydrogens (tertiary/aromatic N) is 2. The fourth-order valence-corrected chi connectivity index (χ4v) is 3.80. The van der Waals surface area contributed by atoms with Gasteiger partial charge in [0, 0.05) is 36.2 Å². The van der Waals surface area contributed by atoms with E-state index in [9.17, 15) is 9.59 Å². The van der Waals surface area contributed by atoms with Crippen molar-refractivity contribution >= 4 is 34.3 Å². The van der Waals surface area contributed by atoms with Gasteiger partial charge in [-0.15, -0.1) is 11.6 Å². The van der Waals surface area contributed by atoms with Crippen molar-refractivity contribution in [3.05, 3.63) is 71.9 Å². The summed E-state index contributed by atoms with van der Waals surface area (Å²) in [6.07, 6.45) is 2.74. The van der Waals surface area contributed by atoms with Crippen LogP contribution in [0.1, 0.15) is 31.9 Å². The van der Waals surface area contributed by atoms with Crippen LogP contribution >= 0.6 is 11.6 Å². The Morgan fingerprint density at radius 2 is 1.68 bits per heavy atom. The van der Waals surface area contributed by atoms with Gasteiger partial charge in [0.15, 0.2) is 0 Å². The highest BCUT2D eigenvalue weighted by molar-refractivity contribution is 6.30. The van der Waals surface area contributed by atoms with Crippen LogP contribution in [-0.4, -0.2) is 51.1 Å². The van der Waals surface area contributed by atoms with Crippen LogP contribution in [0, 0.1) is 0 Å². The first kappa shape index (κ1) is 22.9. The molecule has 6 heteroatoms. The Hall–Kier alpha value is -2.79. The number of carbonyl (C=O) groups is 2. The molecule has 3 rings (SSSR count). The molecule has 164 valence electrons. The molecule has 0 aliphatic carbocycles. The van der Waals surface area contributed by atoms with Gasteiger partial charge in [-0.05, 0) is 44.4 Å². The lowest BCUT2D eigenvalue weighted by Crippen LogP contribution is -2.48. The molecular formula is C25H30ClN3O2. The molecule has 1 aromatic heterocycles. The van der Waals surface area contributed by atoms with Crippen molar-refractivity contribution in [2.45, 2.75) is 45.2 Å². The van der Waals surface area contributed by atoms with Crippen LogP contribution in [0.15, 0.2) is 60.8 Å². The summed E-state index contributed by atoms with van der Waals surface area (Å²) >= 11 is 6.02. The summed E-state index contributed by atoms with van der Waals surface area (Å²) in [6.45, 7) is 6.53. The number of hydrogen-bond acceptors (Lipinski definition) is 2. The van der Waals surface area contributed by atoms with E-state index < -0.39 is 5.38 Å². The number of aromatic nitrogens is 1. The normalized spacial score (nSPS) is 12.2. The van der Waals surface area contributed by atoms with Crippen molar-refractivity contribution < 1.29 is 9.59 Å². The minimum absolute atomic E-state index is 0.0221. The van der Waals surface area contributed by atoms with E-state index in [1.807, 2.05) is 73.5 Å². The zero-order valence-corrected chi connectivity index (χ0v) is 19.1. The zero-order valence-electron chi connectivity index (χ0n) is 18.3. The largest absolute Gasteiger partial charge is 0.361 e. The van der Waals surface area contributed by atoms with Crippen molar-refractivity contribution in [2.24, 2.45) is 0 Å². The molecule has 0 fully saturated rings. The summed E-state index contributed by atoms with van der Waals surface area (Å²) in [6, 6.07) is 18.0. The molecule has 0 spiro atoms. The zero-order chi connectivity index (χ0) is 22.4. The summed E-state index contributed by atoms with van der Waals surface area (Å²) in [5, 5.41) is 0.508. The first-order chi connectivity index (χ1) is 14.9. The summed E-state index contributed by atoms with van der Waals surface area (Å²) in [4.78, 5) is 32.5. The predicted molar refractivity (Wildman–Crippen MR) is 126 cm³/mol. The summed E-state index contributed by atoms with van der Waals surface area (Å²) in [5.41, 5.74) is 3.32. The molecule has 1 unspecified atom stereocenters. The fraction of sp³-hybridized carbons (Fsp3) is 0.360. The number of para-hydroxylation sites is 1. The monoisotopic (exact) mass is 439 g/mol. The second kappa shape index (κ2) is 10.5. The number of halogens is 1. The van der Waals surface area contributed by atoms with Crippen LogP contribution in [0.2, 0.25) is 0 Å². The molecule has 31 heavy (non-hydrogen) atoms. The Morgan fingerprint density at radius 1 is 1.00 bits per heavy atom. The first-order valence-electron chi connectivity index (χ1n) is 10.7. The van der Waals surface area contributed by atoms with Gasteiger partial charge in [0.1, 0.15) is 11.9 Å². The lowest BCUT2D eigenvalue weighted by Gasteiger charge is -2.31. The maximum atomic E-state index is 13.3. The lowest BCUT2D eigenvalue weighted by molar-refractivity contribution is -0.142. The standard InChI is InChI=1S/C25H30ClN3O2/c1-18(2)29(25(31)19(3)26)17-24(30)28(16-20-9-5-4-6-10-20)14-13-21-15-27-23-12-8-7-11-22(21)23/h4-12,15,18-19,27H,13-14,16-17H2,1-3H3. The van der Waals surface area contributed by atoms with Gasteiger partial charge in [-0.1, -0.05) is 48.5 Å². The second-order valence-corrected chi connectivity index (χ2v) is 8.74. The van der Waals surface area contributed by atoms with Crippen LogP contribution in [0.3, 0.4) is 0 Å². The van der Waals surface area contributed by atoms with Crippen molar-refractivity contribution in [3.8, 4) is 0 Å². The summed E-state index contributed by atoms with van der Waals surface area (Å²) in [7, 11) is 0. The molecular weight excluding hydrogens is 410 g/mol. The maximum Gasteiger partial charge on any atom is 0.242 e. The molecule has 0 saturated heterocycles. The quantitative estimate of drug-likeness (QED) is 0.495. The van der Waals surface area contributed by atoms with Gasteiger partial charge in [-0.25, -0.2) is 0 Å². The number of hydrogen-bond donors (Lipinski definition) is 1. The molecule has 0 aliphatic rings. The number of fused-ring (bicyclic) bond motifs is 1. The van der Waals surface area contributed by atoms with E-state index in [-0.39, 0.29) is 24.4 Å². The maximum absolute atomic E-state index is 13.3. The number of rotatable bonds is 9. The molecule has 1 N–H and O–H groups in total. The van der Waals surface area contributed by atoms with Crippen LogP contribution in [0.4, 0.5) is 0 Å². The molecule has 2 aromatic carbocycles. The van der Waals surface area contributed by atoms with Gasteiger partial charge in [0.2, 0.25) is 11.8 Å². The number of H-pyrrole nitrogens is 1. The minimum Gasteiger partial charge on any atom is -0.361 e. The Bertz CT molecular complexity index is 1010. The van der Waals surface area contributed by atoms with E-state index in [0.717, 1.165) is 17.5 Å². The molecule has 3 aromatic rings. The number of nitrogens with one attached hydrogen (secondary N) is 1. The summed E-state index contributed by atoms with van der Waals surface area (Å²) < 4.78 is 0. The fourth-order valence-electron chi connectivity index (χ4n) is 3.68. The van der Waals surface area contributed by atoms with Crippen molar-refractivity contribution in [1.82, 2.24) is 14.8 Å². The van der Waals surface area contributed by atoms with Gasteiger partial charge in [0.05, 0.1) is 0 Å². The van der Waals surface area contributed by atoms with Gasteiger partial charge >= 0.3 is 0 Å². The third-order valence-corrected chi connectivity index (χ3v) is 5.63. The molecule has 0 saturated carbocycles. The van der Waals surface area contributed by atoms with Gasteiger partial charge in [0.25, 0.3) is 0 Å². The molecule has 5 nitrogen and oxygen atoms in total. The van der Waals surface area contributed by atoms with Gasteiger partial charge in [-0.3, -0.25) is 9.59 Å². The van der Waals surface area contributed by atoms with Crippen molar-refractivity contribution in [3.63, 3.8) is 0 Å². The number of alkyl halides is 1. The lowest BCUT2D eigenvalue weighted by atomic mass is 10.1. The second-order valence-electron chi connectivity index (χ2n) is 8.09. The Balaban J connectivity index is 1.78. The topological polar surface area (TPSA) is 56.4 Å². The number of carbonyl (C=O) groups excluding carboxylic acids is 2. The smallest absolute Gasteiger partial charge is 0.242 e. The molecule has 0 radical (unpaired) electrons. The molecule has 1 heterocycles. The van der Waals surface area contributed by atoms with E-state index in [4.69, 9.17) is 11.6 Å². The molecule has 2 amide bonds. The van der Waals surface area contributed by atoms with Crippen LogP contribution in [0.5, 0.6) is 0 Å². The van der Waals surface area contributed by atoms with E-state index in [1.54, 1.807) is 11.8 Å². The Labute approximate surface area is 189 Å².